The highest BCUT2D eigenvalue weighted by Crippen LogP contribution is 2.28. The fourth-order valence-electron chi connectivity index (χ4n) is 5.08. The van der Waals surface area contributed by atoms with E-state index >= 15 is 0 Å². The van der Waals surface area contributed by atoms with Gasteiger partial charge in [-0.25, -0.2) is 9.78 Å². The van der Waals surface area contributed by atoms with Crippen molar-refractivity contribution in [1.82, 2.24) is 19.6 Å². The van der Waals surface area contributed by atoms with Crippen LogP contribution in [0.15, 0.2) is 42.6 Å². The highest BCUT2D eigenvalue weighted by molar-refractivity contribution is 6.30. The highest BCUT2D eigenvalue weighted by atomic mass is 35.5. The Morgan fingerprint density at radius 3 is 2.50 bits per heavy atom. The fraction of sp³-hybridized carbons (Fsp3) is 0.483. The molecule has 0 saturated heterocycles. The van der Waals surface area contributed by atoms with Crippen molar-refractivity contribution in [3.63, 3.8) is 0 Å². The largest absolute Gasteiger partial charge is 0.489 e. The second-order valence-electron chi connectivity index (χ2n) is 11.1. The molecule has 0 radical (unpaired) electrons. The van der Waals surface area contributed by atoms with Gasteiger partial charge in [-0.15, -0.1) is 0 Å². The van der Waals surface area contributed by atoms with Gasteiger partial charge in [0.1, 0.15) is 5.69 Å². The van der Waals surface area contributed by atoms with E-state index < -0.39 is 17.7 Å². The van der Waals surface area contributed by atoms with Gasteiger partial charge in [-0.2, -0.15) is 0 Å². The van der Waals surface area contributed by atoms with Crippen LogP contribution in [0.4, 0.5) is 4.79 Å². The maximum absolute atomic E-state index is 13.7. The van der Waals surface area contributed by atoms with E-state index in [4.69, 9.17) is 16.3 Å². The smallest absolute Gasteiger partial charge is 0.407 e. The minimum atomic E-state index is -1.06. The highest BCUT2D eigenvalue weighted by Gasteiger charge is 2.31. The fourth-order valence-corrected chi connectivity index (χ4v) is 5.21. The number of benzene rings is 1. The first-order valence-corrected chi connectivity index (χ1v) is 13.6. The summed E-state index contributed by atoms with van der Waals surface area (Å²) in [4.78, 5) is 31.8. The van der Waals surface area contributed by atoms with E-state index in [1.165, 1.54) is 37.0 Å². The van der Waals surface area contributed by atoms with Gasteiger partial charge >= 0.3 is 6.09 Å². The number of nitrogens with one attached hydrogen (secondary N) is 1. The van der Waals surface area contributed by atoms with Gasteiger partial charge in [0.2, 0.25) is 0 Å². The van der Waals surface area contributed by atoms with E-state index in [1.54, 1.807) is 41.8 Å². The van der Waals surface area contributed by atoms with Gasteiger partial charge in [-0.3, -0.25) is 9.20 Å². The molecular formula is C29H37ClN4O4. The van der Waals surface area contributed by atoms with Gasteiger partial charge in [0.05, 0.1) is 18.3 Å². The Morgan fingerprint density at radius 1 is 1.18 bits per heavy atom. The van der Waals surface area contributed by atoms with Crippen molar-refractivity contribution < 1.29 is 19.4 Å². The maximum atomic E-state index is 13.7. The number of nitrogens with zero attached hydrogens (tertiary/aromatic N) is 3. The average Bonchev–Trinajstić information content (AvgIpc) is 3.21. The molecule has 2 N–H and O–H groups in total. The van der Waals surface area contributed by atoms with E-state index in [0.29, 0.717) is 40.3 Å². The number of amides is 2. The maximum Gasteiger partial charge on any atom is 0.407 e. The first-order chi connectivity index (χ1) is 18.0. The van der Waals surface area contributed by atoms with Crippen molar-refractivity contribution in [2.45, 2.75) is 71.4 Å². The lowest BCUT2D eigenvalue weighted by molar-refractivity contribution is 0.0818. The molecule has 0 aliphatic heterocycles. The number of pyridine rings is 1. The number of aromatic nitrogens is 2. The van der Waals surface area contributed by atoms with Crippen LogP contribution in [0.1, 0.15) is 80.7 Å². The molecule has 2 heterocycles. The number of rotatable bonds is 8. The van der Waals surface area contributed by atoms with Gasteiger partial charge in [-0.1, -0.05) is 43.0 Å². The van der Waals surface area contributed by atoms with E-state index in [9.17, 15) is 14.7 Å². The van der Waals surface area contributed by atoms with Gasteiger partial charge in [0, 0.05) is 23.3 Å². The molecule has 1 atom stereocenters. The molecule has 4 rings (SSSR count). The van der Waals surface area contributed by atoms with Crippen LogP contribution in [0.5, 0.6) is 5.75 Å². The van der Waals surface area contributed by atoms with Crippen molar-refractivity contribution in [2.75, 3.05) is 13.2 Å². The molecule has 38 heavy (non-hydrogen) atoms. The number of ether oxygens (including phenoxy) is 1. The number of fused-ring (bicyclic) bond motifs is 1. The van der Waals surface area contributed by atoms with Gasteiger partial charge in [0.25, 0.3) is 5.91 Å². The van der Waals surface area contributed by atoms with E-state index in [-0.39, 0.29) is 12.5 Å². The third-order valence-electron chi connectivity index (χ3n) is 7.19. The SMILES string of the molecule is Cc1nc2c(OCC3CCCCC3)cccn2c1C(=O)NC(CN(C(=O)O)C(C)(C)C)c1ccc(Cl)cc1. The van der Waals surface area contributed by atoms with Crippen LogP contribution < -0.4 is 10.1 Å². The number of aryl methyl sites for hydroxylation is 1. The molecule has 8 nitrogen and oxygen atoms in total. The summed E-state index contributed by atoms with van der Waals surface area (Å²) in [6.07, 6.45) is 6.88. The topological polar surface area (TPSA) is 96.2 Å². The molecule has 1 aliphatic rings. The number of carboxylic acid groups (broad SMARTS) is 1. The zero-order valence-corrected chi connectivity index (χ0v) is 23.3. The molecule has 2 aromatic heterocycles. The van der Waals surface area contributed by atoms with Gasteiger partial charge in [-0.05, 0) is 76.3 Å². The summed E-state index contributed by atoms with van der Waals surface area (Å²) in [5.74, 6) is 0.848. The number of hydrogen-bond acceptors (Lipinski definition) is 4. The molecule has 1 fully saturated rings. The molecular weight excluding hydrogens is 504 g/mol. The number of carbonyl (C=O) groups excluding carboxylic acids is 1. The second kappa shape index (κ2) is 11.6. The van der Waals surface area contributed by atoms with E-state index in [0.717, 1.165) is 5.56 Å². The average molecular weight is 541 g/mol. The first-order valence-electron chi connectivity index (χ1n) is 13.2. The van der Waals surface area contributed by atoms with Crippen molar-refractivity contribution in [3.8, 4) is 5.75 Å². The third-order valence-corrected chi connectivity index (χ3v) is 7.44. The lowest BCUT2D eigenvalue weighted by atomic mass is 9.90. The summed E-state index contributed by atoms with van der Waals surface area (Å²) < 4.78 is 7.93. The Morgan fingerprint density at radius 2 is 1.87 bits per heavy atom. The Hall–Kier alpha value is -3.26. The Kier molecular flexibility index (Phi) is 8.51. The molecule has 1 aromatic carbocycles. The molecule has 1 aliphatic carbocycles. The predicted octanol–water partition coefficient (Wildman–Crippen LogP) is 6.50. The minimum Gasteiger partial charge on any atom is -0.489 e. The van der Waals surface area contributed by atoms with Crippen molar-refractivity contribution in [1.29, 1.82) is 0 Å². The zero-order chi connectivity index (χ0) is 27.4. The molecule has 1 saturated carbocycles. The summed E-state index contributed by atoms with van der Waals surface area (Å²) in [6.45, 7) is 7.98. The van der Waals surface area contributed by atoms with Crippen molar-refractivity contribution >= 4 is 29.2 Å². The van der Waals surface area contributed by atoms with Crippen LogP contribution in [0.2, 0.25) is 5.02 Å². The van der Waals surface area contributed by atoms with Crippen LogP contribution in [-0.2, 0) is 0 Å². The van der Waals surface area contributed by atoms with Crippen molar-refractivity contribution in [2.24, 2.45) is 5.92 Å². The van der Waals surface area contributed by atoms with Crippen LogP contribution in [0.25, 0.3) is 5.65 Å². The lowest BCUT2D eigenvalue weighted by Gasteiger charge is -2.36. The van der Waals surface area contributed by atoms with Crippen LogP contribution in [0, 0.1) is 12.8 Å². The van der Waals surface area contributed by atoms with E-state index in [1.807, 2.05) is 32.9 Å². The summed E-state index contributed by atoms with van der Waals surface area (Å²) >= 11 is 6.09. The lowest BCUT2D eigenvalue weighted by Crippen LogP contribution is -2.49. The Labute approximate surface area is 229 Å². The molecule has 9 heteroatoms. The summed E-state index contributed by atoms with van der Waals surface area (Å²) in [5, 5.41) is 13.5. The number of carbonyl (C=O) groups is 2. The normalized spacial score (nSPS) is 15.3. The number of halogens is 1. The van der Waals surface area contributed by atoms with Crippen molar-refractivity contribution in [3.05, 3.63) is 64.6 Å². The molecule has 2 amide bonds. The summed E-state index contributed by atoms with van der Waals surface area (Å²) in [7, 11) is 0. The quantitative estimate of drug-likeness (QED) is 0.340. The van der Waals surface area contributed by atoms with Gasteiger partial charge in [0.15, 0.2) is 11.4 Å². The van der Waals surface area contributed by atoms with Gasteiger partial charge < -0.3 is 20.1 Å². The van der Waals surface area contributed by atoms with E-state index in [2.05, 4.69) is 10.3 Å². The minimum absolute atomic E-state index is 0.0672. The summed E-state index contributed by atoms with van der Waals surface area (Å²) in [6, 6.07) is 10.2. The molecule has 0 spiro atoms. The molecule has 1 unspecified atom stereocenters. The molecule has 0 bridgehead atoms. The van der Waals surface area contributed by atoms with Crippen LogP contribution in [0.3, 0.4) is 0 Å². The Balaban J connectivity index is 1.61. The zero-order valence-electron chi connectivity index (χ0n) is 22.5. The second-order valence-corrected chi connectivity index (χ2v) is 11.5. The van der Waals surface area contributed by atoms with Crippen LogP contribution in [-0.4, -0.2) is 50.1 Å². The molecule has 3 aromatic rings. The number of hydrogen-bond donors (Lipinski definition) is 2. The van der Waals surface area contributed by atoms with Crippen LogP contribution >= 0.6 is 11.6 Å². The predicted molar refractivity (Wildman–Crippen MR) is 148 cm³/mol. The Bertz CT molecular complexity index is 1280. The monoisotopic (exact) mass is 540 g/mol. The summed E-state index contributed by atoms with van der Waals surface area (Å²) in [5.41, 5.74) is 1.64. The molecule has 204 valence electrons. The number of imidazole rings is 1. The first kappa shape index (κ1) is 27.8. The standard InChI is InChI=1S/C29H37ClN4O4/c1-19-25(33-16-8-11-24(26(33)31-19)38-18-20-9-6-5-7-10-20)27(35)32-23(21-12-14-22(30)15-13-21)17-34(28(36)37)29(2,3)4/h8,11-16,20,23H,5-7,9-10,17-18H2,1-4H3,(H,32,35)(H,36,37). The third kappa shape index (κ3) is 6.41.